The standard InChI is InChI=1S/C17H25N3O4S.ClH/c21-17(12-16-13-24-11-6-18-16)19-7-9-20(10-8-19)25(22,23)14-15-4-2-1-3-5-15;/h1-5,16,18H,6-14H2;1H. The summed E-state index contributed by atoms with van der Waals surface area (Å²) in [6.07, 6.45) is 0.400. The van der Waals surface area contributed by atoms with Crippen LogP contribution in [-0.2, 0) is 25.3 Å². The van der Waals surface area contributed by atoms with Crippen LogP contribution in [0.3, 0.4) is 0 Å². The lowest BCUT2D eigenvalue weighted by atomic mass is 10.1. The summed E-state index contributed by atoms with van der Waals surface area (Å²) in [7, 11) is -3.35. The third-order valence-electron chi connectivity index (χ3n) is 4.60. The van der Waals surface area contributed by atoms with Gasteiger partial charge in [-0.3, -0.25) is 4.79 Å². The van der Waals surface area contributed by atoms with Gasteiger partial charge in [-0.05, 0) is 5.56 Å². The van der Waals surface area contributed by atoms with Crippen LogP contribution in [0, 0.1) is 0 Å². The number of benzene rings is 1. The Kier molecular flexibility index (Phi) is 7.85. The van der Waals surface area contributed by atoms with Crippen molar-refractivity contribution in [2.45, 2.75) is 18.2 Å². The molecule has 9 heteroatoms. The molecule has 0 spiro atoms. The number of nitrogens with one attached hydrogen (secondary N) is 1. The molecular formula is C17H26ClN3O4S. The lowest BCUT2D eigenvalue weighted by Crippen LogP contribution is -2.52. The molecule has 7 nitrogen and oxygen atoms in total. The van der Waals surface area contributed by atoms with Gasteiger partial charge in [0.1, 0.15) is 0 Å². The Morgan fingerprint density at radius 3 is 2.46 bits per heavy atom. The summed E-state index contributed by atoms with van der Waals surface area (Å²) < 4.78 is 31.9. The summed E-state index contributed by atoms with van der Waals surface area (Å²) in [6.45, 7) is 3.61. The zero-order chi connectivity index (χ0) is 17.7. The second-order valence-electron chi connectivity index (χ2n) is 6.45. The maximum Gasteiger partial charge on any atom is 0.224 e. The summed E-state index contributed by atoms with van der Waals surface area (Å²) in [6, 6.07) is 9.23. The summed E-state index contributed by atoms with van der Waals surface area (Å²) in [4.78, 5) is 14.1. The number of hydrogen-bond acceptors (Lipinski definition) is 5. The van der Waals surface area contributed by atoms with Crippen LogP contribution in [0.4, 0.5) is 0 Å². The second-order valence-corrected chi connectivity index (χ2v) is 8.42. The van der Waals surface area contributed by atoms with Gasteiger partial charge in [-0.1, -0.05) is 30.3 Å². The number of halogens is 1. The minimum Gasteiger partial charge on any atom is -0.378 e. The van der Waals surface area contributed by atoms with Crippen LogP contribution < -0.4 is 5.32 Å². The van der Waals surface area contributed by atoms with Gasteiger partial charge in [0.2, 0.25) is 15.9 Å². The van der Waals surface area contributed by atoms with Crippen molar-refractivity contribution < 1.29 is 17.9 Å². The molecule has 26 heavy (non-hydrogen) atoms. The monoisotopic (exact) mass is 403 g/mol. The number of nitrogens with zero attached hydrogens (tertiary/aromatic N) is 2. The van der Waals surface area contributed by atoms with E-state index in [4.69, 9.17) is 4.74 Å². The Morgan fingerprint density at radius 2 is 1.85 bits per heavy atom. The summed E-state index contributed by atoms with van der Waals surface area (Å²) in [5.74, 6) is 0.0635. The molecule has 1 aromatic carbocycles. The van der Waals surface area contributed by atoms with Gasteiger partial charge in [-0.25, -0.2) is 8.42 Å². The Morgan fingerprint density at radius 1 is 1.15 bits per heavy atom. The summed E-state index contributed by atoms with van der Waals surface area (Å²) in [5.41, 5.74) is 0.782. The second kappa shape index (κ2) is 9.66. The van der Waals surface area contributed by atoms with Crippen molar-refractivity contribution >= 4 is 28.3 Å². The van der Waals surface area contributed by atoms with E-state index in [2.05, 4.69) is 5.32 Å². The molecule has 2 aliphatic rings. The first-order chi connectivity index (χ1) is 12.0. The van der Waals surface area contributed by atoms with E-state index in [1.165, 1.54) is 4.31 Å². The van der Waals surface area contributed by atoms with Crippen LogP contribution in [0.15, 0.2) is 30.3 Å². The maximum absolute atomic E-state index is 12.5. The van der Waals surface area contributed by atoms with E-state index in [-0.39, 0.29) is 30.1 Å². The van der Waals surface area contributed by atoms with E-state index in [0.29, 0.717) is 45.8 Å². The fourth-order valence-electron chi connectivity index (χ4n) is 3.18. The summed E-state index contributed by atoms with van der Waals surface area (Å²) in [5, 5.41) is 3.27. The third-order valence-corrected chi connectivity index (χ3v) is 6.45. The SMILES string of the molecule is Cl.O=C(CC1COCCN1)N1CCN(S(=O)(=O)Cc2ccccc2)CC1. The Labute approximate surface area is 161 Å². The molecule has 1 atom stereocenters. The Balaban J connectivity index is 0.00000243. The van der Waals surface area contributed by atoms with E-state index < -0.39 is 10.0 Å². The molecule has 1 amide bonds. The van der Waals surface area contributed by atoms with E-state index >= 15 is 0 Å². The van der Waals surface area contributed by atoms with Gasteiger partial charge in [-0.15, -0.1) is 12.4 Å². The lowest BCUT2D eigenvalue weighted by molar-refractivity contribution is -0.133. The third kappa shape index (κ3) is 5.65. The molecule has 0 saturated carbocycles. The molecule has 3 rings (SSSR count). The molecule has 2 fully saturated rings. The fourth-order valence-corrected chi connectivity index (χ4v) is 4.70. The van der Waals surface area contributed by atoms with Gasteiger partial charge in [0.05, 0.1) is 19.0 Å². The van der Waals surface area contributed by atoms with Gasteiger partial charge >= 0.3 is 0 Å². The number of hydrogen-bond donors (Lipinski definition) is 1. The van der Waals surface area contributed by atoms with Gasteiger partial charge < -0.3 is 15.0 Å². The van der Waals surface area contributed by atoms with E-state index in [1.54, 1.807) is 4.90 Å². The van der Waals surface area contributed by atoms with Crippen LogP contribution >= 0.6 is 12.4 Å². The number of rotatable bonds is 5. The van der Waals surface area contributed by atoms with Crippen molar-refractivity contribution in [2.24, 2.45) is 0 Å². The zero-order valence-corrected chi connectivity index (χ0v) is 16.3. The minimum absolute atomic E-state index is 0. The quantitative estimate of drug-likeness (QED) is 0.772. The van der Waals surface area contributed by atoms with Gasteiger partial charge in [0.15, 0.2) is 0 Å². The molecular weight excluding hydrogens is 378 g/mol. The molecule has 2 heterocycles. The summed E-state index contributed by atoms with van der Waals surface area (Å²) >= 11 is 0. The highest BCUT2D eigenvalue weighted by atomic mass is 35.5. The van der Waals surface area contributed by atoms with Crippen molar-refractivity contribution in [2.75, 3.05) is 45.9 Å². The van der Waals surface area contributed by atoms with Crippen LogP contribution in [0.25, 0.3) is 0 Å². The van der Waals surface area contributed by atoms with Crippen molar-refractivity contribution in [3.05, 3.63) is 35.9 Å². The average molecular weight is 404 g/mol. The molecule has 0 bridgehead atoms. The van der Waals surface area contributed by atoms with E-state index in [1.807, 2.05) is 30.3 Å². The number of carbonyl (C=O) groups excluding carboxylic acids is 1. The Hall–Kier alpha value is -1.19. The number of sulfonamides is 1. The minimum atomic E-state index is -3.35. The van der Waals surface area contributed by atoms with Crippen LogP contribution in [-0.4, -0.2) is 75.5 Å². The molecule has 0 aliphatic carbocycles. The lowest BCUT2D eigenvalue weighted by Gasteiger charge is -2.35. The maximum atomic E-state index is 12.5. The number of carbonyl (C=O) groups is 1. The highest BCUT2D eigenvalue weighted by molar-refractivity contribution is 7.88. The largest absolute Gasteiger partial charge is 0.378 e. The molecule has 2 aliphatic heterocycles. The van der Waals surface area contributed by atoms with Crippen molar-refractivity contribution in [3.63, 3.8) is 0 Å². The first-order valence-corrected chi connectivity index (χ1v) is 10.3. The zero-order valence-electron chi connectivity index (χ0n) is 14.7. The number of piperazine rings is 1. The Bertz CT molecular complexity index is 673. The molecule has 2 saturated heterocycles. The smallest absolute Gasteiger partial charge is 0.224 e. The van der Waals surface area contributed by atoms with Crippen LogP contribution in [0.5, 0.6) is 0 Å². The molecule has 1 N–H and O–H groups in total. The van der Waals surface area contributed by atoms with Crippen LogP contribution in [0.2, 0.25) is 0 Å². The normalized spacial score (nSPS) is 21.8. The molecule has 0 radical (unpaired) electrons. The molecule has 1 aromatic rings. The van der Waals surface area contributed by atoms with Crippen molar-refractivity contribution in [1.82, 2.24) is 14.5 Å². The van der Waals surface area contributed by atoms with Gasteiger partial charge in [-0.2, -0.15) is 4.31 Å². The van der Waals surface area contributed by atoms with Gasteiger partial charge in [0, 0.05) is 45.2 Å². The molecule has 0 aromatic heterocycles. The number of ether oxygens (including phenoxy) is 1. The van der Waals surface area contributed by atoms with E-state index in [9.17, 15) is 13.2 Å². The molecule has 1 unspecified atom stereocenters. The van der Waals surface area contributed by atoms with Crippen LogP contribution in [0.1, 0.15) is 12.0 Å². The van der Waals surface area contributed by atoms with Crippen molar-refractivity contribution in [1.29, 1.82) is 0 Å². The van der Waals surface area contributed by atoms with E-state index in [0.717, 1.165) is 12.1 Å². The topological polar surface area (TPSA) is 79.0 Å². The first kappa shape index (κ1) is 21.1. The predicted molar refractivity (Wildman–Crippen MR) is 102 cm³/mol. The number of amides is 1. The highest BCUT2D eigenvalue weighted by Gasteiger charge is 2.30. The highest BCUT2D eigenvalue weighted by Crippen LogP contribution is 2.14. The average Bonchev–Trinajstić information content (AvgIpc) is 2.63. The molecule has 146 valence electrons. The fraction of sp³-hybridized carbons (Fsp3) is 0.588. The first-order valence-electron chi connectivity index (χ1n) is 8.65. The number of morpholine rings is 1. The van der Waals surface area contributed by atoms with Gasteiger partial charge in [0.25, 0.3) is 0 Å². The predicted octanol–water partition coefficient (Wildman–Crippen LogP) is 0.461. The van der Waals surface area contributed by atoms with Crippen molar-refractivity contribution in [3.8, 4) is 0 Å².